The van der Waals surface area contributed by atoms with Gasteiger partial charge in [0.05, 0.1) is 11.4 Å². The molecular weight excluding hydrogens is 460 g/mol. The number of hydrogen-bond acceptors (Lipinski definition) is 9. The molecule has 1 saturated heterocycles. The number of oxazole rings is 1. The van der Waals surface area contributed by atoms with E-state index in [2.05, 4.69) is 26.5 Å². The topological polar surface area (TPSA) is 116 Å². The van der Waals surface area contributed by atoms with Crippen LogP contribution in [0.15, 0.2) is 34.7 Å². The maximum absolute atomic E-state index is 12.5. The molecule has 6 rings (SSSR count). The number of hydrogen-bond donors (Lipinski definition) is 1. The first-order valence-corrected chi connectivity index (χ1v) is 11.4. The molecule has 11 heteroatoms. The van der Waals surface area contributed by atoms with Crippen LogP contribution in [-0.4, -0.2) is 32.6 Å². The van der Waals surface area contributed by atoms with E-state index in [1.54, 1.807) is 13.8 Å². The number of nitrogens with zero attached hydrogens (tertiary/aromatic N) is 3. The van der Waals surface area contributed by atoms with Crippen molar-refractivity contribution < 1.29 is 28.3 Å². The Kier molecular flexibility index (Phi) is 4.53. The predicted octanol–water partition coefficient (Wildman–Crippen LogP) is 3.78. The molecule has 10 nitrogen and oxygen atoms in total. The van der Waals surface area contributed by atoms with Gasteiger partial charge in [-0.25, -0.2) is 4.79 Å². The van der Waals surface area contributed by atoms with Crippen LogP contribution in [0, 0.1) is 24.2 Å². The van der Waals surface area contributed by atoms with Crippen molar-refractivity contribution in [3.63, 3.8) is 0 Å². The molecule has 2 aliphatic heterocycles. The zero-order chi connectivity index (χ0) is 23.4. The minimum atomic E-state index is -0.612. The van der Waals surface area contributed by atoms with Gasteiger partial charge in [0.15, 0.2) is 0 Å². The fourth-order valence-corrected chi connectivity index (χ4v) is 4.61. The highest BCUT2D eigenvalue weighted by atomic mass is 32.1. The number of amides is 2. The van der Waals surface area contributed by atoms with Crippen LogP contribution in [0.25, 0.3) is 0 Å². The smallest absolute Gasteiger partial charge is 0.412 e. The van der Waals surface area contributed by atoms with E-state index in [0.29, 0.717) is 16.3 Å². The van der Waals surface area contributed by atoms with E-state index in [-0.39, 0.29) is 23.6 Å². The van der Waals surface area contributed by atoms with Crippen molar-refractivity contribution >= 4 is 29.2 Å². The Morgan fingerprint density at radius 2 is 2.12 bits per heavy atom. The lowest BCUT2D eigenvalue weighted by molar-refractivity contribution is -0.264. The van der Waals surface area contributed by atoms with Crippen LogP contribution in [0.2, 0.25) is 0 Å². The van der Waals surface area contributed by atoms with Crippen molar-refractivity contribution in [1.82, 2.24) is 14.4 Å². The quantitative estimate of drug-likeness (QED) is 0.447. The van der Waals surface area contributed by atoms with Crippen LogP contribution < -0.4 is 14.9 Å². The van der Waals surface area contributed by atoms with Crippen LogP contribution >= 0.6 is 11.5 Å². The Bertz CT molecular complexity index is 1370. The van der Waals surface area contributed by atoms with Gasteiger partial charge in [-0.05, 0) is 55.6 Å². The number of carbonyl (C=O) groups is 2. The van der Waals surface area contributed by atoms with E-state index in [0.717, 1.165) is 29.9 Å². The van der Waals surface area contributed by atoms with Gasteiger partial charge >= 0.3 is 17.9 Å². The molecule has 2 amide bonds. The van der Waals surface area contributed by atoms with Gasteiger partial charge in [-0.2, -0.15) is 9.36 Å². The molecule has 0 radical (unpaired) electrons. The zero-order valence-corrected chi connectivity index (χ0v) is 19.0. The summed E-state index contributed by atoms with van der Waals surface area (Å²) in [6.45, 7) is 3.56. The molecule has 34 heavy (non-hydrogen) atoms. The molecule has 0 bridgehead atoms. The molecule has 2 atom stereocenters. The fourth-order valence-electron chi connectivity index (χ4n) is 3.90. The second kappa shape index (κ2) is 7.50. The third kappa shape index (κ3) is 3.26. The van der Waals surface area contributed by atoms with Crippen LogP contribution in [0.5, 0.6) is 11.8 Å². The van der Waals surface area contributed by atoms with Gasteiger partial charge in [-0.3, -0.25) is 10.1 Å². The number of hydroxylamine groups is 2. The Hall–Kier alpha value is -4.04. The number of rotatable bonds is 3. The summed E-state index contributed by atoms with van der Waals surface area (Å²) in [5.41, 5.74) is 1.48. The number of benzene rings is 1. The highest BCUT2D eigenvalue weighted by molar-refractivity contribution is 7.07. The Morgan fingerprint density at radius 1 is 1.32 bits per heavy atom. The number of aromatic nitrogens is 2. The van der Waals surface area contributed by atoms with E-state index in [1.807, 2.05) is 30.3 Å². The van der Waals surface area contributed by atoms with Gasteiger partial charge in [0.25, 0.3) is 11.8 Å². The summed E-state index contributed by atoms with van der Waals surface area (Å²) in [5.74, 6) is 5.83. The minimum Gasteiger partial charge on any atom is -0.441 e. The van der Waals surface area contributed by atoms with Crippen molar-refractivity contribution in [2.24, 2.45) is 5.41 Å². The molecule has 2 unspecified atom stereocenters. The Labute approximate surface area is 197 Å². The molecule has 3 aromatic rings. The summed E-state index contributed by atoms with van der Waals surface area (Å²) >= 11 is 1.13. The molecule has 1 spiro atoms. The summed E-state index contributed by atoms with van der Waals surface area (Å²) in [6.07, 6.45) is 0.0396. The average Bonchev–Trinajstić information content (AvgIpc) is 3.49. The monoisotopic (exact) mass is 478 g/mol. The molecule has 3 aliphatic rings. The summed E-state index contributed by atoms with van der Waals surface area (Å²) in [5, 5.41) is 3.91. The number of carbonyl (C=O) groups excluding carboxylic acids is 2. The van der Waals surface area contributed by atoms with Gasteiger partial charge in [-0.1, -0.05) is 30.3 Å². The van der Waals surface area contributed by atoms with Gasteiger partial charge in [0.1, 0.15) is 16.4 Å². The largest absolute Gasteiger partial charge is 0.441 e. The molecule has 1 saturated carbocycles. The first-order chi connectivity index (χ1) is 16.4. The van der Waals surface area contributed by atoms with E-state index in [1.165, 1.54) is 5.06 Å². The molecule has 2 aromatic heterocycles. The van der Waals surface area contributed by atoms with E-state index in [9.17, 15) is 9.59 Å². The molecule has 4 heterocycles. The lowest BCUT2D eigenvalue weighted by Crippen LogP contribution is -2.67. The summed E-state index contributed by atoms with van der Waals surface area (Å²) in [4.78, 5) is 34.8. The van der Waals surface area contributed by atoms with Crippen molar-refractivity contribution in [3.05, 3.63) is 52.4 Å². The number of nitrogens with one attached hydrogen (secondary N) is 1. The van der Waals surface area contributed by atoms with Crippen molar-refractivity contribution in [3.8, 4) is 23.7 Å². The van der Waals surface area contributed by atoms with E-state index < -0.39 is 23.8 Å². The van der Waals surface area contributed by atoms with Crippen LogP contribution in [-0.2, 0) is 9.53 Å². The molecule has 1 aliphatic carbocycles. The van der Waals surface area contributed by atoms with Crippen LogP contribution in [0.1, 0.15) is 47.9 Å². The Balaban J connectivity index is 1.16. The number of anilines is 1. The van der Waals surface area contributed by atoms with E-state index in [4.69, 9.17) is 18.7 Å². The Morgan fingerprint density at radius 3 is 2.88 bits per heavy atom. The number of β-lactam (4-membered cyclic amide) rings is 1. The van der Waals surface area contributed by atoms with Gasteiger partial charge in [0, 0.05) is 0 Å². The SMILES string of the molecule is Cc1nsc(C#Cc2nc3c(o2)OC2N(O3)C(=O)C23CC3)c1NC(=O)OC(C)c1ccccc1. The summed E-state index contributed by atoms with van der Waals surface area (Å²) in [7, 11) is 0. The maximum atomic E-state index is 12.5. The maximum Gasteiger partial charge on any atom is 0.412 e. The van der Waals surface area contributed by atoms with Gasteiger partial charge in [0.2, 0.25) is 6.23 Å². The zero-order valence-electron chi connectivity index (χ0n) is 18.2. The van der Waals surface area contributed by atoms with Crippen molar-refractivity contribution in [1.29, 1.82) is 0 Å². The number of aryl methyl sites for hydroxylation is 1. The second-order valence-corrected chi connectivity index (χ2v) is 9.04. The predicted molar refractivity (Wildman–Crippen MR) is 118 cm³/mol. The summed E-state index contributed by atoms with van der Waals surface area (Å²) < 4.78 is 21.1. The van der Waals surface area contributed by atoms with Gasteiger partial charge < -0.3 is 18.7 Å². The standard InChI is InChI=1S/C23H18N4O6S/c1-12-17(25-22(29)30-13(2)14-6-4-3-5-7-14)15(34-26-12)8-9-16-24-18-19(31-16)32-21-23(10-11-23)20(28)27(21)33-18/h3-7,13,21H,10-11H2,1-2H3,(H,25,29). The summed E-state index contributed by atoms with van der Waals surface area (Å²) in [6, 6.07) is 9.44. The third-order valence-electron chi connectivity index (χ3n) is 6.00. The normalized spacial score (nSPS) is 19.4. The fraction of sp³-hybridized carbons (Fsp3) is 0.304. The minimum absolute atomic E-state index is 0.0571. The molecule has 172 valence electrons. The number of fused-ring (bicyclic) bond motifs is 3. The van der Waals surface area contributed by atoms with Crippen LogP contribution in [0.3, 0.4) is 0 Å². The third-order valence-corrected chi connectivity index (χ3v) is 6.85. The molecule has 2 fully saturated rings. The van der Waals surface area contributed by atoms with Crippen molar-refractivity contribution in [2.75, 3.05) is 5.32 Å². The average molecular weight is 478 g/mol. The highest BCUT2D eigenvalue weighted by Gasteiger charge is 2.73. The first-order valence-electron chi connectivity index (χ1n) is 10.6. The van der Waals surface area contributed by atoms with E-state index >= 15 is 0 Å². The lowest BCUT2D eigenvalue weighted by atomic mass is 9.94. The van der Waals surface area contributed by atoms with Crippen LogP contribution in [0.4, 0.5) is 10.5 Å². The highest BCUT2D eigenvalue weighted by Crippen LogP contribution is 2.61. The first kappa shape index (κ1) is 20.6. The molecule has 1 N–H and O–H groups in total. The molecule has 1 aromatic carbocycles. The van der Waals surface area contributed by atoms with Crippen molar-refractivity contribution in [2.45, 2.75) is 39.0 Å². The second-order valence-electron chi connectivity index (χ2n) is 8.27. The lowest BCUT2D eigenvalue weighted by Gasteiger charge is -2.45. The molecular formula is C23H18N4O6S. The number of ether oxygens (including phenoxy) is 2. The van der Waals surface area contributed by atoms with Gasteiger partial charge in [-0.15, -0.1) is 5.06 Å².